The van der Waals surface area contributed by atoms with Crippen LogP contribution < -0.4 is 0 Å². The topological polar surface area (TPSA) is 87.7 Å². The Morgan fingerprint density at radius 2 is 1.76 bits per heavy atom. The van der Waals surface area contributed by atoms with Crippen LogP contribution in [0.2, 0.25) is 0 Å². The van der Waals surface area contributed by atoms with Gasteiger partial charge in [-0.1, -0.05) is 26.0 Å². The fourth-order valence-electron chi connectivity index (χ4n) is 4.12. The van der Waals surface area contributed by atoms with Crippen molar-refractivity contribution in [3.63, 3.8) is 0 Å². The number of aromatic nitrogens is 1. The minimum atomic E-state index is -3.61. The highest BCUT2D eigenvalue weighted by Gasteiger charge is 2.31. The van der Waals surface area contributed by atoms with E-state index in [0.717, 1.165) is 22.9 Å². The van der Waals surface area contributed by atoms with Crippen LogP contribution in [-0.2, 0) is 10.0 Å². The highest BCUT2D eigenvalue weighted by molar-refractivity contribution is 7.89. The van der Waals surface area contributed by atoms with Crippen LogP contribution in [0.15, 0.2) is 41.4 Å². The fourth-order valence-corrected chi connectivity index (χ4v) is 6.64. The largest absolute Gasteiger partial charge is 0.335 e. The molecule has 1 aromatic carbocycles. The molecule has 34 heavy (non-hydrogen) atoms. The maximum absolute atomic E-state index is 13.2. The molecule has 2 aromatic heterocycles. The molecule has 0 radical (unpaired) electrons. The zero-order valence-corrected chi connectivity index (χ0v) is 21.5. The average Bonchev–Trinajstić information content (AvgIpc) is 3.18. The number of ketones is 1. The molecule has 3 aromatic rings. The van der Waals surface area contributed by atoms with Crippen molar-refractivity contribution in [3.8, 4) is 0 Å². The number of nitrogens with zero attached hydrogens (tertiary/aromatic N) is 3. The number of aryl methyl sites for hydroxylation is 1. The van der Waals surface area contributed by atoms with E-state index in [1.807, 2.05) is 19.1 Å². The van der Waals surface area contributed by atoms with Crippen molar-refractivity contribution in [1.29, 1.82) is 0 Å². The SMILES string of the molecule is CCC(C)c1ccc(S(=O)(=O)N2CCN(C(=O)c3sc4ncc(C(C)=O)cc4c3C)CC2)cc1. The Hall–Kier alpha value is -2.62. The number of pyridine rings is 1. The van der Waals surface area contributed by atoms with Gasteiger partial charge >= 0.3 is 0 Å². The van der Waals surface area contributed by atoms with Crippen molar-refractivity contribution < 1.29 is 18.0 Å². The van der Waals surface area contributed by atoms with Crippen LogP contribution in [0.25, 0.3) is 10.2 Å². The Labute approximate surface area is 204 Å². The zero-order chi connectivity index (χ0) is 24.6. The minimum Gasteiger partial charge on any atom is -0.335 e. The van der Waals surface area contributed by atoms with E-state index in [4.69, 9.17) is 0 Å². The number of rotatable bonds is 6. The normalized spacial score (nSPS) is 16.1. The number of thiophene rings is 1. The molecular formula is C25H29N3O4S2. The summed E-state index contributed by atoms with van der Waals surface area (Å²) in [6, 6.07) is 8.91. The third kappa shape index (κ3) is 4.52. The van der Waals surface area contributed by atoms with Crippen LogP contribution in [0, 0.1) is 6.92 Å². The number of Topliss-reactive ketones (excluding diaryl/α,β-unsaturated/α-hetero) is 1. The summed E-state index contributed by atoms with van der Waals surface area (Å²) in [6.07, 6.45) is 2.53. The first-order chi connectivity index (χ1) is 16.1. The van der Waals surface area contributed by atoms with Crippen LogP contribution in [-0.4, -0.2) is 60.5 Å². The molecule has 0 bridgehead atoms. The van der Waals surface area contributed by atoms with Crippen molar-refractivity contribution in [1.82, 2.24) is 14.2 Å². The van der Waals surface area contributed by atoms with Crippen molar-refractivity contribution in [2.45, 2.75) is 44.9 Å². The standard InChI is InChI=1S/C25H29N3O4S2/c1-5-16(2)19-6-8-21(9-7-19)34(31,32)28-12-10-27(11-13-28)25(30)23-17(3)22-14-20(18(4)29)15-26-24(22)33-23/h6-9,14-16H,5,10-13H2,1-4H3. The van der Waals surface area contributed by atoms with Crippen LogP contribution >= 0.6 is 11.3 Å². The van der Waals surface area contributed by atoms with Gasteiger partial charge in [0.25, 0.3) is 5.91 Å². The van der Waals surface area contributed by atoms with Gasteiger partial charge < -0.3 is 4.90 Å². The van der Waals surface area contributed by atoms with E-state index >= 15 is 0 Å². The molecule has 3 heterocycles. The lowest BCUT2D eigenvalue weighted by Gasteiger charge is -2.34. The molecule has 9 heteroatoms. The molecule has 0 N–H and O–H groups in total. The van der Waals surface area contributed by atoms with Crippen LogP contribution in [0.4, 0.5) is 0 Å². The number of carbonyl (C=O) groups is 2. The summed E-state index contributed by atoms with van der Waals surface area (Å²) >= 11 is 1.31. The van der Waals surface area contributed by atoms with E-state index in [0.29, 0.717) is 34.3 Å². The number of piperazine rings is 1. The van der Waals surface area contributed by atoms with Crippen LogP contribution in [0.5, 0.6) is 0 Å². The van der Waals surface area contributed by atoms with Crippen molar-refractivity contribution in [2.24, 2.45) is 0 Å². The summed E-state index contributed by atoms with van der Waals surface area (Å²) in [4.78, 5) is 32.6. The molecule has 0 saturated carbocycles. The van der Waals surface area contributed by atoms with Crippen LogP contribution in [0.3, 0.4) is 0 Å². The van der Waals surface area contributed by atoms with E-state index in [1.54, 1.807) is 23.1 Å². The zero-order valence-electron chi connectivity index (χ0n) is 19.9. The molecule has 180 valence electrons. The molecule has 1 aliphatic heterocycles. The molecule has 1 atom stereocenters. The lowest BCUT2D eigenvalue weighted by Crippen LogP contribution is -2.50. The van der Waals surface area contributed by atoms with Gasteiger partial charge in [-0.15, -0.1) is 11.3 Å². The van der Waals surface area contributed by atoms with Gasteiger partial charge in [0.1, 0.15) is 4.83 Å². The van der Waals surface area contributed by atoms with Gasteiger partial charge in [0.15, 0.2) is 5.78 Å². The van der Waals surface area contributed by atoms with Gasteiger partial charge in [-0.25, -0.2) is 13.4 Å². The average molecular weight is 500 g/mol. The Balaban J connectivity index is 1.47. The Morgan fingerprint density at radius 3 is 2.35 bits per heavy atom. The molecule has 4 rings (SSSR count). The molecule has 7 nitrogen and oxygen atoms in total. The smallest absolute Gasteiger partial charge is 0.264 e. The number of amides is 1. The predicted molar refractivity (Wildman–Crippen MR) is 134 cm³/mol. The lowest BCUT2D eigenvalue weighted by molar-refractivity contribution is 0.0702. The van der Waals surface area contributed by atoms with E-state index in [1.165, 1.54) is 28.8 Å². The maximum Gasteiger partial charge on any atom is 0.264 e. The van der Waals surface area contributed by atoms with Gasteiger partial charge in [-0.3, -0.25) is 9.59 Å². The first-order valence-electron chi connectivity index (χ1n) is 11.4. The number of sulfonamides is 1. The summed E-state index contributed by atoms with van der Waals surface area (Å²) < 4.78 is 27.7. The van der Waals surface area contributed by atoms with Crippen LogP contribution in [0.1, 0.15) is 64.3 Å². The van der Waals surface area contributed by atoms with E-state index in [9.17, 15) is 18.0 Å². The molecular weight excluding hydrogens is 470 g/mol. The highest BCUT2D eigenvalue weighted by atomic mass is 32.2. The van der Waals surface area contributed by atoms with Crippen molar-refractivity contribution in [2.75, 3.05) is 26.2 Å². The van der Waals surface area contributed by atoms with Gasteiger partial charge in [-0.05, 0) is 55.5 Å². The first-order valence-corrected chi connectivity index (χ1v) is 13.7. The molecule has 1 amide bonds. The number of benzene rings is 1. The molecule has 0 aliphatic carbocycles. The second-order valence-electron chi connectivity index (χ2n) is 8.76. The number of carbonyl (C=O) groups excluding carboxylic acids is 2. The molecule has 1 fully saturated rings. The monoisotopic (exact) mass is 499 g/mol. The number of fused-ring (bicyclic) bond motifs is 1. The van der Waals surface area contributed by atoms with Gasteiger partial charge in [0.05, 0.1) is 9.77 Å². The van der Waals surface area contributed by atoms with Gasteiger partial charge in [0.2, 0.25) is 10.0 Å². The molecule has 1 saturated heterocycles. The third-order valence-electron chi connectivity index (χ3n) is 6.62. The second kappa shape index (κ2) is 9.56. The first kappa shape index (κ1) is 24.5. The summed E-state index contributed by atoms with van der Waals surface area (Å²) in [5, 5.41) is 0.808. The van der Waals surface area contributed by atoms with Crippen molar-refractivity contribution >= 4 is 43.3 Å². The third-order valence-corrected chi connectivity index (χ3v) is 9.74. The fraction of sp³-hybridized carbons (Fsp3) is 0.400. The lowest BCUT2D eigenvalue weighted by atomic mass is 9.99. The predicted octanol–water partition coefficient (Wildman–Crippen LogP) is 4.47. The van der Waals surface area contributed by atoms with E-state index in [-0.39, 0.29) is 29.7 Å². The van der Waals surface area contributed by atoms with Gasteiger partial charge in [0, 0.05) is 43.3 Å². The molecule has 0 spiro atoms. The van der Waals surface area contributed by atoms with Crippen molar-refractivity contribution in [3.05, 3.63) is 58.1 Å². The Bertz CT molecular complexity index is 1340. The summed E-state index contributed by atoms with van der Waals surface area (Å²) in [5.74, 6) is 0.187. The summed E-state index contributed by atoms with van der Waals surface area (Å²) in [7, 11) is -3.61. The van der Waals surface area contributed by atoms with Gasteiger partial charge in [-0.2, -0.15) is 4.31 Å². The second-order valence-corrected chi connectivity index (χ2v) is 11.7. The number of hydrogen-bond donors (Lipinski definition) is 0. The Morgan fingerprint density at radius 1 is 1.12 bits per heavy atom. The maximum atomic E-state index is 13.2. The highest BCUT2D eigenvalue weighted by Crippen LogP contribution is 2.31. The Kier molecular flexibility index (Phi) is 6.89. The number of hydrogen-bond acceptors (Lipinski definition) is 6. The van der Waals surface area contributed by atoms with E-state index < -0.39 is 10.0 Å². The van der Waals surface area contributed by atoms with E-state index in [2.05, 4.69) is 18.8 Å². The quantitative estimate of drug-likeness (QED) is 0.467. The molecule has 1 aliphatic rings. The summed E-state index contributed by atoms with van der Waals surface area (Å²) in [5.41, 5.74) is 2.45. The summed E-state index contributed by atoms with van der Waals surface area (Å²) in [6.45, 7) is 8.72. The molecule has 1 unspecified atom stereocenters. The minimum absolute atomic E-state index is 0.0697.